The molecule has 0 radical (unpaired) electrons. The number of hydrogen-bond donors (Lipinski definition) is 1. The number of aryl methyl sites for hydroxylation is 1. The summed E-state index contributed by atoms with van der Waals surface area (Å²) in [5.41, 5.74) is 5.66. The van der Waals surface area contributed by atoms with Gasteiger partial charge in [-0.3, -0.25) is 0 Å². The molecule has 0 saturated carbocycles. The van der Waals surface area contributed by atoms with Crippen LogP contribution in [-0.2, 0) is 6.42 Å². The molecule has 2 rings (SSSR count). The minimum atomic E-state index is -0.626. The molecular formula is C13H13ClFN3O. The Morgan fingerprint density at radius 3 is 2.89 bits per heavy atom. The van der Waals surface area contributed by atoms with Crippen molar-refractivity contribution in [3.8, 4) is 11.6 Å². The third kappa shape index (κ3) is 3.32. The number of halogens is 2. The van der Waals surface area contributed by atoms with Gasteiger partial charge in [0.2, 0.25) is 5.88 Å². The average molecular weight is 282 g/mol. The molecule has 0 spiro atoms. The second kappa shape index (κ2) is 5.84. The smallest absolute Gasteiger partial charge is 0.224 e. The highest BCUT2D eigenvalue weighted by molar-refractivity contribution is 6.30. The van der Waals surface area contributed by atoms with E-state index in [4.69, 9.17) is 22.1 Å². The number of rotatable bonds is 4. The number of benzene rings is 1. The van der Waals surface area contributed by atoms with Gasteiger partial charge in [0, 0.05) is 12.5 Å². The second-order valence-corrected chi connectivity index (χ2v) is 4.36. The molecule has 19 heavy (non-hydrogen) atoms. The first-order valence-electron chi connectivity index (χ1n) is 5.85. The minimum absolute atomic E-state index is 0.00619. The molecule has 100 valence electrons. The van der Waals surface area contributed by atoms with Crippen molar-refractivity contribution in [1.82, 2.24) is 9.97 Å². The van der Waals surface area contributed by atoms with Gasteiger partial charge in [-0.2, -0.15) is 4.98 Å². The summed E-state index contributed by atoms with van der Waals surface area (Å²) in [6, 6.07) is 5.96. The molecule has 2 aromatic rings. The highest BCUT2D eigenvalue weighted by Crippen LogP contribution is 2.28. The van der Waals surface area contributed by atoms with Gasteiger partial charge in [0.1, 0.15) is 11.6 Å². The fourth-order valence-electron chi connectivity index (χ4n) is 1.56. The van der Waals surface area contributed by atoms with Crippen molar-refractivity contribution in [2.24, 2.45) is 0 Å². The van der Waals surface area contributed by atoms with Crippen LogP contribution in [0.5, 0.6) is 11.6 Å². The Balaban J connectivity index is 2.30. The number of nitrogen functional groups attached to an aromatic ring is 1. The summed E-state index contributed by atoms with van der Waals surface area (Å²) in [5.74, 6) is 0.444. The Morgan fingerprint density at radius 2 is 2.16 bits per heavy atom. The van der Waals surface area contributed by atoms with Gasteiger partial charge in [0.15, 0.2) is 11.6 Å². The summed E-state index contributed by atoms with van der Waals surface area (Å²) < 4.78 is 19.1. The highest BCUT2D eigenvalue weighted by atomic mass is 35.5. The van der Waals surface area contributed by atoms with Gasteiger partial charge in [-0.1, -0.05) is 24.6 Å². The van der Waals surface area contributed by atoms with Crippen LogP contribution in [0.15, 0.2) is 24.3 Å². The Bertz CT molecular complexity index is 592. The highest BCUT2D eigenvalue weighted by Gasteiger charge is 2.10. The minimum Gasteiger partial charge on any atom is -0.436 e. The second-order valence-electron chi connectivity index (χ2n) is 3.95. The van der Waals surface area contributed by atoms with E-state index in [1.54, 1.807) is 6.07 Å². The molecule has 1 heterocycles. The van der Waals surface area contributed by atoms with E-state index in [1.165, 1.54) is 18.2 Å². The maximum atomic E-state index is 13.7. The Labute approximate surface area is 115 Å². The lowest BCUT2D eigenvalue weighted by molar-refractivity contribution is 0.425. The van der Waals surface area contributed by atoms with Crippen molar-refractivity contribution in [3.63, 3.8) is 0 Å². The first-order chi connectivity index (χ1) is 9.10. The van der Waals surface area contributed by atoms with Gasteiger partial charge in [0.25, 0.3) is 0 Å². The average Bonchev–Trinajstić information content (AvgIpc) is 2.35. The zero-order chi connectivity index (χ0) is 13.8. The Kier molecular flexibility index (Phi) is 4.16. The molecule has 6 heteroatoms. The standard InChI is InChI=1S/C13H13ClFN3O/c1-2-4-11-17-10(16)7-12(18-11)19-9-6-3-5-8(14)13(9)15/h3,5-7H,2,4H2,1H3,(H2,16,17,18). The van der Waals surface area contributed by atoms with E-state index in [0.717, 1.165) is 6.42 Å². The van der Waals surface area contributed by atoms with Gasteiger partial charge in [-0.15, -0.1) is 0 Å². The van der Waals surface area contributed by atoms with Crippen molar-refractivity contribution in [1.29, 1.82) is 0 Å². The molecule has 0 aliphatic carbocycles. The van der Waals surface area contributed by atoms with Crippen LogP contribution in [0.25, 0.3) is 0 Å². The predicted molar refractivity (Wildman–Crippen MR) is 71.9 cm³/mol. The van der Waals surface area contributed by atoms with Gasteiger partial charge in [-0.25, -0.2) is 9.37 Å². The number of nitrogens with two attached hydrogens (primary N) is 1. The fraction of sp³-hybridized carbons (Fsp3) is 0.231. The van der Waals surface area contributed by atoms with Crippen LogP contribution in [0.2, 0.25) is 5.02 Å². The quantitative estimate of drug-likeness (QED) is 0.930. The lowest BCUT2D eigenvalue weighted by Gasteiger charge is -2.08. The predicted octanol–water partition coefficient (Wildman–Crippen LogP) is 3.60. The van der Waals surface area contributed by atoms with Crippen LogP contribution in [0.1, 0.15) is 19.2 Å². The van der Waals surface area contributed by atoms with E-state index in [-0.39, 0.29) is 22.5 Å². The summed E-state index contributed by atoms with van der Waals surface area (Å²) in [6.45, 7) is 2.00. The summed E-state index contributed by atoms with van der Waals surface area (Å²) >= 11 is 5.68. The van der Waals surface area contributed by atoms with Crippen molar-refractivity contribution in [2.75, 3.05) is 5.73 Å². The summed E-state index contributed by atoms with van der Waals surface area (Å²) in [5, 5.41) is -0.00619. The molecular weight excluding hydrogens is 269 g/mol. The maximum absolute atomic E-state index is 13.7. The van der Waals surface area contributed by atoms with Crippen molar-refractivity contribution in [2.45, 2.75) is 19.8 Å². The molecule has 1 aromatic carbocycles. The van der Waals surface area contributed by atoms with E-state index in [2.05, 4.69) is 9.97 Å². The van der Waals surface area contributed by atoms with Gasteiger partial charge in [-0.05, 0) is 18.6 Å². The third-order valence-corrected chi connectivity index (χ3v) is 2.66. The Morgan fingerprint density at radius 1 is 1.37 bits per heavy atom. The van der Waals surface area contributed by atoms with Crippen LogP contribution < -0.4 is 10.5 Å². The number of hydrogen-bond acceptors (Lipinski definition) is 4. The topological polar surface area (TPSA) is 61.0 Å². The van der Waals surface area contributed by atoms with Gasteiger partial charge < -0.3 is 10.5 Å². The lowest BCUT2D eigenvalue weighted by atomic mass is 10.3. The fourth-order valence-corrected chi connectivity index (χ4v) is 1.72. The number of ether oxygens (including phenoxy) is 1. The van der Waals surface area contributed by atoms with E-state index in [1.807, 2.05) is 6.92 Å². The van der Waals surface area contributed by atoms with Crippen molar-refractivity contribution >= 4 is 17.4 Å². The summed E-state index contributed by atoms with van der Waals surface area (Å²) in [4.78, 5) is 8.24. The summed E-state index contributed by atoms with van der Waals surface area (Å²) in [7, 11) is 0. The number of anilines is 1. The normalized spacial score (nSPS) is 10.5. The largest absolute Gasteiger partial charge is 0.436 e. The zero-order valence-electron chi connectivity index (χ0n) is 10.4. The van der Waals surface area contributed by atoms with Crippen LogP contribution in [0.4, 0.5) is 10.2 Å². The molecule has 0 atom stereocenters. The van der Waals surface area contributed by atoms with E-state index < -0.39 is 5.82 Å². The Hall–Kier alpha value is -1.88. The zero-order valence-corrected chi connectivity index (χ0v) is 11.1. The lowest BCUT2D eigenvalue weighted by Crippen LogP contribution is -2.01. The first kappa shape index (κ1) is 13.5. The first-order valence-corrected chi connectivity index (χ1v) is 6.23. The van der Waals surface area contributed by atoms with Crippen LogP contribution in [0.3, 0.4) is 0 Å². The van der Waals surface area contributed by atoms with E-state index in [9.17, 15) is 4.39 Å². The molecule has 0 aliphatic rings. The molecule has 0 unspecified atom stereocenters. The van der Waals surface area contributed by atoms with E-state index >= 15 is 0 Å². The molecule has 4 nitrogen and oxygen atoms in total. The van der Waals surface area contributed by atoms with Crippen LogP contribution in [0, 0.1) is 5.82 Å². The summed E-state index contributed by atoms with van der Waals surface area (Å²) in [6.07, 6.45) is 1.56. The van der Waals surface area contributed by atoms with Gasteiger partial charge in [0.05, 0.1) is 5.02 Å². The molecule has 2 N–H and O–H groups in total. The maximum Gasteiger partial charge on any atom is 0.224 e. The van der Waals surface area contributed by atoms with Crippen LogP contribution >= 0.6 is 11.6 Å². The van der Waals surface area contributed by atoms with Crippen LogP contribution in [-0.4, -0.2) is 9.97 Å². The third-order valence-electron chi connectivity index (χ3n) is 2.37. The SMILES string of the molecule is CCCc1nc(N)cc(Oc2cccc(Cl)c2F)n1. The molecule has 0 fully saturated rings. The number of nitrogens with zero attached hydrogens (tertiary/aromatic N) is 2. The molecule has 0 bridgehead atoms. The van der Waals surface area contributed by atoms with Crippen molar-refractivity contribution < 1.29 is 9.13 Å². The molecule has 0 saturated heterocycles. The number of aromatic nitrogens is 2. The molecule has 0 aliphatic heterocycles. The molecule has 1 aromatic heterocycles. The van der Waals surface area contributed by atoms with Crippen molar-refractivity contribution in [3.05, 3.63) is 40.9 Å². The van der Waals surface area contributed by atoms with E-state index in [0.29, 0.717) is 12.2 Å². The molecule has 0 amide bonds. The monoisotopic (exact) mass is 281 g/mol. The van der Waals surface area contributed by atoms with Gasteiger partial charge >= 0.3 is 0 Å².